The topological polar surface area (TPSA) is 66.0 Å². The lowest BCUT2D eigenvalue weighted by atomic mass is 10.2. The van der Waals surface area contributed by atoms with Gasteiger partial charge in [-0.15, -0.1) is 0 Å². The first-order chi connectivity index (χ1) is 7.58. The van der Waals surface area contributed by atoms with E-state index >= 15 is 0 Å². The number of aromatic amines is 1. The molecule has 0 aliphatic heterocycles. The molecule has 2 N–H and O–H groups in total. The van der Waals surface area contributed by atoms with Crippen LogP contribution < -0.4 is 0 Å². The third-order valence-electron chi connectivity index (χ3n) is 1.99. The van der Waals surface area contributed by atoms with Gasteiger partial charge in [-0.3, -0.25) is 0 Å². The molecule has 1 aromatic carbocycles. The van der Waals surface area contributed by atoms with Gasteiger partial charge in [0.1, 0.15) is 23.2 Å². The zero-order valence-electron chi connectivity index (χ0n) is 7.87. The fraction of sp³-hybridized carbons (Fsp3) is 0. The minimum atomic E-state index is -1.21. The SMILES string of the molecule is O=C(O)c1cnc(-c2cc(F)ccc2F)[nH]1. The molecule has 4 nitrogen and oxygen atoms in total. The van der Waals surface area contributed by atoms with E-state index in [2.05, 4.69) is 9.97 Å². The molecule has 0 spiro atoms. The Morgan fingerprint density at radius 2 is 2.12 bits per heavy atom. The van der Waals surface area contributed by atoms with Gasteiger partial charge in [-0.1, -0.05) is 0 Å². The molecule has 0 aliphatic rings. The number of hydrogen-bond donors (Lipinski definition) is 2. The first kappa shape index (κ1) is 10.3. The van der Waals surface area contributed by atoms with Crippen molar-refractivity contribution in [3.05, 3.63) is 41.7 Å². The Labute approximate surface area is 88.6 Å². The van der Waals surface area contributed by atoms with Crippen LogP contribution in [0.2, 0.25) is 0 Å². The van der Waals surface area contributed by atoms with E-state index < -0.39 is 17.6 Å². The van der Waals surface area contributed by atoms with Gasteiger partial charge in [0.2, 0.25) is 0 Å². The minimum Gasteiger partial charge on any atom is -0.477 e. The van der Waals surface area contributed by atoms with Crippen LogP contribution in [0, 0.1) is 11.6 Å². The number of carboxylic acids is 1. The fourth-order valence-corrected chi connectivity index (χ4v) is 1.25. The van der Waals surface area contributed by atoms with Gasteiger partial charge in [-0.25, -0.2) is 18.6 Å². The van der Waals surface area contributed by atoms with E-state index in [1.54, 1.807) is 0 Å². The molecular formula is C10H6F2N2O2. The molecule has 0 bridgehead atoms. The molecule has 1 heterocycles. The summed E-state index contributed by atoms with van der Waals surface area (Å²) in [5, 5.41) is 8.63. The second kappa shape index (κ2) is 3.73. The third kappa shape index (κ3) is 1.77. The molecule has 0 aliphatic carbocycles. The van der Waals surface area contributed by atoms with Gasteiger partial charge >= 0.3 is 5.97 Å². The number of carbonyl (C=O) groups is 1. The molecule has 2 rings (SSSR count). The molecule has 2 aromatic rings. The highest BCUT2D eigenvalue weighted by molar-refractivity contribution is 5.85. The largest absolute Gasteiger partial charge is 0.477 e. The van der Waals surface area contributed by atoms with Crippen molar-refractivity contribution in [1.29, 1.82) is 0 Å². The van der Waals surface area contributed by atoms with Gasteiger partial charge in [0.05, 0.1) is 11.8 Å². The highest BCUT2D eigenvalue weighted by atomic mass is 19.1. The fourth-order valence-electron chi connectivity index (χ4n) is 1.25. The number of aromatic nitrogens is 2. The Morgan fingerprint density at radius 3 is 2.75 bits per heavy atom. The van der Waals surface area contributed by atoms with Crippen molar-refractivity contribution in [2.24, 2.45) is 0 Å². The van der Waals surface area contributed by atoms with Crippen molar-refractivity contribution in [1.82, 2.24) is 9.97 Å². The van der Waals surface area contributed by atoms with Gasteiger partial charge < -0.3 is 10.1 Å². The first-order valence-electron chi connectivity index (χ1n) is 4.31. The third-order valence-corrected chi connectivity index (χ3v) is 1.99. The minimum absolute atomic E-state index is 0.0191. The van der Waals surface area contributed by atoms with E-state index in [9.17, 15) is 13.6 Å². The second-order valence-corrected chi connectivity index (χ2v) is 3.07. The van der Waals surface area contributed by atoms with Gasteiger partial charge in [-0.05, 0) is 18.2 Å². The highest BCUT2D eigenvalue weighted by Gasteiger charge is 2.12. The van der Waals surface area contributed by atoms with Crippen LogP contribution in [0.3, 0.4) is 0 Å². The van der Waals surface area contributed by atoms with E-state index in [0.29, 0.717) is 0 Å². The molecule has 16 heavy (non-hydrogen) atoms. The number of H-pyrrole nitrogens is 1. The zero-order valence-corrected chi connectivity index (χ0v) is 7.87. The summed E-state index contributed by atoms with van der Waals surface area (Å²) in [5.41, 5.74) is -0.286. The molecule has 1 aromatic heterocycles. The van der Waals surface area contributed by atoms with Gasteiger partial charge in [0.15, 0.2) is 0 Å². The smallest absolute Gasteiger partial charge is 0.353 e. The van der Waals surface area contributed by atoms with E-state index in [4.69, 9.17) is 5.11 Å². The number of hydrogen-bond acceptors (Lipinski definition) is 2. The monoisotopic (exact) mass is 224 g/mol. The summed E-state index contributed by atoms with van der Waals surface area (Å²) in [4.78, 5) is 16.6. The lowest BCUT2D eigenvalue weighted by molar-refractivity contribution is 0.0691. The predicted molar refractivity (Wildman–Crippen MR) is 50.9 cm³/mol. The average molecular weight is 224 g/mol. The highest BCUT2D eigenvalue weighted by Crippen LogP contribution is 2.20. The van der Waals surface area contributed by atoms with Crippen LogP contribution in [0.25, 0.3) is 11.4 Å². The summed E-state index contributed by atoms with van der Waals surface area (Å²) in [6.45, 7) is 0. The molecule has 0 atom stereocenters. The summed E-state index contributed by atoms with van der Waals surface area (Å²) in [6, 6.07) is 2.87. The maximum atomic E-state index is 13.3. The Balaban J connectivity index is 2.50. The summed E-state index contributed by atoms with van der Waals surface area (Å²) >= 11 is 0. The van der Waals surface area contributed by atoms with Crippen molar-refractivity contribution in [2.75, 3.05) is 0 Å². The number of aromatic carboxylic acids is 1. The number of imidazole rings is 1. The summed E-state index contributed by atoms with van der Waals surface area (Å²) in [7, 11) is 0. The van der Waals surface area contributed by atoms with Crippen LogP contribution in [-0.4, -0.2) is 21.0 Å². The number of rotatable bonds is 2. The van der Waals surface area contributed by atoms with Gasteiger partial charge in [0.25, 0.3) is 0 Å². The number of nitrogens with zero attached hydrogens (tertiary/aromatic N) is 1. The number of nitrogens with one attached hydrogen (secondary N) is 1. The molecule has 0 radical (unpaired) electrons. The summed E-state index contributed by atoms with van der Waals surface area (Å²) in [6.07, 6.45) is 1.04. The first-order valence-corrected chi connectivity index (χ1v) is 4.31. The van der Waals surface area contributed by atoms with E-state index in [0.717, 1.165) is 24.4 Å². The lowest BCUT2D eigenvalue weighted by Gasteiger charge is -1.98. The van der Waals surface area contributed by atoms with Crippen LogP contribution in [-0.2, 0) is 0 Å². The molecule has 6 heteroatoms. The van der Waals surface area contributed by atoms with Crippen molar-refractivity contribution in [3.8, 4) is 11.4 Å². The van der Waals surface area contributed by atoms with Gasteiger partial charge in [0, 0.05) is 0 Å². The Kier molecular flexibility index (Phi) is 2.40. The van der Waals surface area contributed by atoms with Crippen molar-refractivity contribution in [2.45, 2.75) is 0 Å². The molecular weight excluding hydrogens is 218 g/mol. The van der Waals surface area contributed by atoms with Crippen LogP contribution in [0.1, 0.15) is 10.5 Å². The van der Waals surface area contributed by atoms with E-state index in [1.165, 1.54) is 0 Å². The number of carboxylic acid groups (broad SMARTS) is 1. The quantitative estimate of drug-likeness (QED) is 0.820. The average Bonchev–Trinajstić information content (AvgIpc) is 2.70. The number of halogens is 2. The van der Waals surface area contributed by atoms with Crippen molar-refractivity contribution in [3.63, 3.8) is 0 Å². The molecule has 0 saturated heterocycles. The van der Waals surface area contributed by atoms with E-state index in [-0.39, 0.29) is 17.1 Å². The molecule has 82 valence electrons. The molecule has 0 saturated carbocycles. The van der Waals surface area contributed by atoms with Crippen LogP contribution in [0.15, 0.2) is 24.4 Å². The summed E-state index contributed by atoms with van der Waals surface area (Å²) in [5.74, 6) is -2.53. The van der Waals surface area contributed by atoms with E-state index in [1.807, 2.05) is 0 Å². The molecule has 0 amide bonds. The Bertz CT molecular complexity index is 552. The van der Waals surface area contributed by atoms with Crippen molar-refractivity contribution < 1.29 is 18.7 Å². The van der Waals surface area contributed by atoms with Crippen LogP contribution in [0.4, 0.5) is 8.78 Å². The maximum Gasteiger partial charge on any atom is 0.353 e. The summed E-state index contributed by atoms with van der Waals surface area (Å²) < 4.78 is 26.2. The van der Waals surface area contributed by atoms with Gasteiger partial charge in [-0.2, -0.15) is 0 Å². The zero-order chi connectivity index (χ0) is 11.7. The van der Waals surface area contributed by atoms with Crippen LogP contribution >= 0.6 is 0 Å². The Morgan fingerprint density at radius 1 is 1.38 bits per heavy atom. The normalized spacial score (nSPS) is 10.4. The second-order valence-electron chi connectivity index (χ2n) is 3.07. The lowest BCUT2D eigenvalue weighted by Crippen LogP contribution is -1.96. The molecule has 0 unspecified atom stereocenters. The predicted octanol–water partition coefficient (Wildman–Crippen LogP) is 2.05. The standard InChI is InChI=1S/C10H6F2N2O2/c11-5-1-2-7(12)6(3-5)9-13-4-8(14-9)10(15)16/h1-4H,(H,13,14)(H,15,16). The Hall–Kier alpha value is -2.24. The molecule has 0 fully saturated rings. The van der Waals surface area contributed by atoms with Crippen LogP contribution in [0.5, 0.6) is 0 Å². The number of benzene rings is 1. The van der Waals surface area contributed by atoms with Crippen molar-refractivity contribution >= 4 is 5.97 Å². The maximum absolute atomic E-state index is 13.3.